The third-order valence-corrected chi connectivity index (χ3v) is 3.75. The lowest BCUT2D eigenvalue weighted by atomic mass is 10.1. The molecule has 2 N–H and O–H groups in total. The molecular formula is C18H16F2N2O. The molecule has 0 bridgehead atoms. The molecule has 0 unspecified atom stereocenters. The fourth-order valence-electron chi connectivity index (χ4n) is 2.57. The summed E-state index contributed by atoms with van der Waals surface area (Å²) in [4.78, 5) is 14.9. The van der Waals surface area contributed by atoms with E-state index >= 15 is 0 Å². The van der Waals surface area contributed by atoms with Gasteiger partial charge in [-0.15, -0.1) is 0 Å². The Kier molecular flexibility index (Phi) is 4.37. The van der Waals surface area contributed by atoms with Crippen LogP contribution in [0.1, 0.15) is 11.1 Å². The van der Waals surface area contributed by atoms with Crippen molar-refractivity contribution in [3.05, 3.63) is 71.4 Å². The first-order chi connectivity index (χ1) is 11.1. The minimum Gasteiger partial charge on any atom is -0.361 e. The van der Waals surface area contributed by atoms with Crippen molar-refractivity contribution in [2.24, 2.45) is 0 Å². The first-order valence-electron chi connectivity index (χ1n) is 7.39. The number of aromatic nitrogens is 1. The SMILES string of the molecule is O=C(Cc1ccccc1F)NCCc1c[nH]c2ccc(F)cc12. The highest BCUT2D eigenvalue weighted by molar-refractivity contribution is 5.83. The van der Waals surface area contributed by atoms with Gasteiger partial charge in [0.05, 0.1) is 6.42 Å². The van der Waals surface area contributed by atoms with Crippen LogP contribution < -0.4 is 5.32 Å². The fraction of sp³-hybridized carbons (Fsp3) is 0.167. The van der Waals surface area contributed by atoms with E-state index in [2.05, 4.69) is 10.3 Å². The molecule has 3 rings (SSSR count). The van der Waals surface area contributed by atoms with Crippen LogP contribution in [0.15, 0.2) is 48.7 Å². The number of hydrogen-bond acceptors (Lipinski definition) is 1. The van der Waals surface area contributed by atoms with E-state index in [1.165, 1.54) is 18.2 Å². The fourth-order valence-corrected chi connectivity index (χ4v) is 2.57. The Labute approximate surface area is 132 Å². The van der Waals surface area contributed by atoms with Gasteiger partial charge in [-0.3, -0.25) is 4.79 Å². The van der Waals surface area contributed by atoms with Crippen molar-refractivity contribution in [1.82, 2.24) is 10.3 Å². The minimum atomic E-state index is -0.380. The highest BCUT2D eigenvalue weighted by Gasteiger charge is 2.08. The van der Waals surface area contributed by atoms with Crippen molar-refractivity contribution in [3.8, 4) is 0 Å². The largest absolute Gasteiger partial charge is 0.361 e. The predicted octanol–water partition coefficient (Wildman–Crippen LogP) is 3.35. The quantitative estimate of drug-likeness (QED) is 0.745. The number of hydrogen-bond donors (Lipinski definition) is 2. The van der Waals surface area contributed by atoms with Crippen LogP contribution in [0.25, 0.3) is 10.9 Å². The number of halogens is 2. The number of amides is 1. The summed E-state index contributed by atoms with van der Waals surface area (Å²) in [6.07, 6.45) is 2.40. The molecule has 0 atom stereocenters. The maximum Gasteiger partial charge on any atom is 0.224 e. The molecule has 0 aliphatic heterocycles. The average Bonchev–Trinajstić information content (AvgIpc) is 2.92. The molecule has 0 aliphatic rings. The van der Waals surface area contributed by atoms with Crippen LogP contribution >= 0.6 is 0 Å². The zero-order chi connectivity index (χ0) is 16.2. The Morgan fingerprint density at radius 2 is 1.91 bits per heavy atom. The number of aromatic amines is 1. The summed E-state index contributed by atoms with van der Waals surface area (Å²) in [5.74, 6) is -0.905. The first-order valence-corrected chi connectivity index (χ1v) is 7.39. The van der Waals surface area contributed by atoms with Gasteiger partial charge in [0.25, 0.3) is 0 Å². The third kappa shape index (κ3) is 3.56. The number of fused-ring (bicyclic) bond motifs is 1. The van der Waals surface area contributed by atoms with Crippen molar-refractivity contribution >= 4 is 16.8 Å². The van der Waals surface area contributed by atoms with Crippen molar-refractivity contribution < 1.29 is 13.6 Å². The zero-order valence-electron chi connectivity index (χ0n) is 12.4. The summed E-state index contributed by atoms with van der Waals surface area (Å²) in [5.41, 5.74) is 2.17. The molecular weight excluding hydrogens is 298 g/mol. The van der Waals surface area contributed by atoms with Gasteiger partial charge in [0.2, 0.25) is 5.91 Å². The van der Waals surface area contributed by atoms with E-state index < -0.39 is 0 Å². The van der Waals surface area contributed by atoms with E-state index in [-0.39, 0.29) is 24.0 Å². The molecule has 118 valence electrons. The van der Waals surface area contributed by atoms with E-state index in [1.807, 2.05) is 6.20 Å². The minimum absolute atomic E-state index is 0.00911. The number of nitrogens with one attached hydrogen (secondary N) is 2. The van der Waals surface area contributed by atoms with Gasteiger partial charge < -0.3 is 10.3 Å². The second kappa shape index (κ2) is 6.60. The molecule has 1 aromatic heterocycles. The van der Waals surface area contributed by atoms with E-state index in [0.29, 0.717) is 18.5 Å². The van der Waals surface area contributed by atoms with Crippen molar-refractivity contribution in [3.63, 3.8) is 0 Å². The Balaban J connectivity index is 1.57. The van der Waals surface area contributed by atoms with Gasteiger partial charge in [0.1, 0.15) is 11.6 Å². The van der Waals surface area contributed by atoms with Crippen LogP contribution in [0.3, 0.4) is 0 Å². The summed E-state index contributed by atoms with van der Waals surface area (Å²) in [6.45, 7) is 0.413. The van der Waals surface area contributed by atoms with E-state index in [1.54, 1.807) is 24.3 Å². The second-order valence-electron chi connectivity index (χ2n) is 5.37. The van der Waals surface area contributed by atoms with E-state index in [0.717, 1.165) is 16.5 Å². The molecule has 0 saturated carbocycles. The van der Waals surface area contributed by atoms with Gasteiger partial charge >= 0.3 is 0 Å². The molecule has 5 heteroatoms. The third-order valence-electron chi connectivity index (χ3n) is 3.75. The Bertz CT molecular complexity index is 842. The van der Waals surface area contributed by atoms with Gasteiger partial charge in [0.15, 0.2) is 0 Å². The first kappa shape index (κ1) is 15.2. The normalized spacial score (nSPS) is 10.9. The molecule has 0 saturated heterocycles. The van der Waals surface area contributed by atoms with Gasteiger partial charge in [-0.2, -0.15) is 0 Å². The number of rotatable bonds is 5. The monoisotopic (exact) mass is 314 g/mol. The molecule has 0 radical (unpaired) electrons. The van der Waals surface area contributed by atoms with Gasteiger partial charge in [-0.1, -0.05) is 18.2 Å². The van der Waals surface area contributed by atoms with Crippen molar-refractivity contribution in [2.45, 2.75) is 12.8 Å². The van der Waals surface area contributed by atoms with E-state index in [4.69, 9.17) is 0 Å². The van der Waals surface area contributed by atoms with Crippen LogP contribution in [-0.4, -0.2) is 17.4 Å². The molecule has 3 nitrogen and oxygen atoms in total. The topological polar surface area (TPSA) is 44.9 Å². The highest BCUT2D eigenvalue weighted by atomic mass is 19.1. The van der Waals surface area contributed by atoms with Gasteiger partial charge in [-0.05, 0) is 41.8 Å². The summed E-state index contributed by atoms with van der Waals surface area (Å²) in [6, 6.07) is 10.8. The van der Waals surface area contributed by atoms with Crippen LogP contribution in [0.2, 0.25) is 0 Å². The van der Waals surface area contributed by atoms with Gasteiger partial charge in [0, 0.05) is 23.6 Å². The standard InChI is InChI=1S/C18H16F2N2O/c19-14-5-6-17-15(10-14)13(11-22-17)7-8-21-18(23)9-12-3-1-2-4-16(12)20/h1-6,10-11,22H,7-9H2,(H,21,23). The number of benzene rings is 2. The molecule has 0 spiro atoms. The predicted molar refractivity (Wildman–Crippen MR) is 85.1 cm³/mol. The van der Waals surface area contributed by atoms with Crippen molar-refractivity contribution in [1.29, 1.82) is 0 Å². The van der Waals surface area contributed by atoms with E-state index in [9.17, 15) is 13.6 Å². The maximum atomic E-state index is 13.5. The van der Waals surface area contributed by atoms with Crippen LogP contribution in [0.4, 0.5) is 8.78 Å². The zero-order valence-corrected chi connectivity index (χ0v) is 12.4. The van der Waals surface area contributed by atoms with Crippen LogP contribution in [0.5, 0.6) is 0 Å². The maximum absolute atomic E-state index is 13.5. The number of carbonyl (C=O) groups is 1. The second-order valence-corrected chi connectivity index (χ2v) is 5.37. The highest BCUT2D eigenvalue weighted by Crippen LogP contribution is 2.19. The lowest BCUT2D eigenvalue weighted by Crippen LogP contribution is -2.27. The molecule has 3 aromatic rings. The number of carbonyl (C=O) groups excluding carboxylic acids is 1. The Morgan fingerprint density at radius 1 is 1.09 bits per heavy atom. The van der Waals surface area contributed by atoms with Crippen LogP contribution in [0, 0.1) is 11.6 Å². The molecule has 1 heterocycles. The molecule has 0 fully saturated rings. The molecule has 1 amide bonds. The lowest BCUT2D eigenvalue weighted by molar-refractivity contribution is -0.120. The Hall–Kier alpha value is -2.69. The number of H-pyrrole nitrogens is 1. The Morgan fingerprint density at radius 3 is 2.74 bits per heavy atom. The summed E-state index contributed by atoms with van der Waals surface area (Å²) in [5, 5.41) is 3.58. The molecule has 2 aromatic carbocycles. The molecule has 0 aliphatic carbocycles. The van der Waals surface area contributed by atoms with Crippen LogP contribution in [-0.2, 0) is 17.6 Å². The summed E-state index contributed by atoms with van der Waals surface area (Å²) >= 11 is 0. The average molecular weight is 314 g/mol. The molecule has 23 heavy (non-hydrogen) atoms. The summed E-state index contributed by atoms with van der Waals surface area (Å²) in [7, 11) is 0. The van der Waals surface area contributed by atoms with Crippen molar-refractivity contribution in [2.75, 3.05) is 6.54 Å². The summed E-state index contributed by atoms with van der Waals surface area (Å²) < 4.78 is 26.8. The lowest BCUT2D eigenvalue weighted by Gasteiger charge is -2.06. The van der Waals surface area contributed by atoms with Gasteiger partial charge in [-0.25, -0.2) is 8.78 Å². The smallest absolute Gasteiger partial charge is 0.224 e.